The van der Waals surface area contributed by atoms with Crippen LogP contribution in [0, 0.1) is 11.3 Å². The van der Waals surface area contributed by atoms with Gasteiger partial charge in [-0.3, -0.25) is 4.79 Å². The van der Waals surface area contributed by atoms with E-state index in [2.05, 4.69) is 0 Å². The zero-order valence-electron chi connectivity index (χ0n) is 11.6. The van der Waals surface area contributed by atoms with Crippen molar-refractivity contribution in [1.82, 2.24) is 4.90 Å². The van der Waals surface area contributed by atoms with Crippen molar-refractivity contribution in [2.45, 2.75) is 33.1 Å². The van der Waals surface area contributed by atoms with Gasteiger partial charge in [-0.25, -0.2) is 0 Å². The number of ether oxygens (including phenoxy) is 1. The third kappa shape index (κ3) is 3.42. The minimum atomic E-state index is -0.723. The second-order valence-corrected chi connectivity index (χ2v) is 5.76. The Hall–Kier alpha value is -0.680. The van der Waals surface area contributed by atoms with E-state index in [4.69, 9.17) is 22.7 Å². The van der Waals surface area contributed by atoms with Crippen LogP contribution >= 0.6 is 12.2 Å². The van der Waals surface area contributed by atoms with Crippen LogP contribution in [0.15, 0.2) is 0 Å². The molecular formula is C13H24N2O2S. The Bertz CT molecular complexity index is 316. The average molecular weight is 272 g/mol. The van der Waals surface area contributed by atoms with Gasteiger partial charge < -0.3 is 15.4 Å². The Morgan fingerprint density at radius 2 is 2.28 bits per heavy atom. The smallest absolute Gasteiger partial charge is 0.235 e. The number of nitrogens with two attached hydrogens (primary N) is 1. The number of amides is 1. The van der Waals surface area contributed by atoms with Gasteiger partial charge in [0.15, 0.2) is 0 Å². The molecule has 0 bridgehead atoms. The number of thiocarbonyl (C=S) groups is 1. The number of rotatable bonds is 5. The zero-order chi connectivity index (χ0) is 13.8. The first-order valence-corrected chi connectivity index (χ1v) is 6.95. The molecule has 1 rings (SSSR count). The highest BCUT2D eigenvalue weighted by atomic mass is 32.1. The molecule has 0 radical (unpaired) electrons. The van der Waals surface area contributed by atoms with Gasteiger partial charge in [0.1, 0.15) is 0 Å². The first-order chi connectivity index (χ1) is 8.41. The number of hydrogen-bond donors (Lipinski definition) is 1. The fourth-order valence-corrected chi connectivity index (χ4v) is 2.51. The van der Waals surface area contributed by atoms with Gasteiger partial charge in [0.2, 0.25) is 5.91 Å². The summed E-state index contributed by atoms with van der Waals surface area (Å²) in [7, 11) is 1.82. The largest absolute Gasteiger partial charge is 0.392 e. The molecule has 4 nitrogen and oxygen atoms in total. The van der Waals surface area contributed by atoms with E-state index in [9.17, 15) is 4.79 Å². The number of carbonyl (C=O) groups excluding carboxylic acids is 1. The van der Waals surface area contributed by atoms with E-state index >= 15 is 0 Å². The maximum absolute atomic E-state index is 12.4. The molecule has 1 fully saturated rings. The van der Waals surface area contributed by atoms with Crippen LogP contribution in [-0.4, -0.2) is 42.6 Å². The Morgan fingerprint density at radius 3 is 2.72 bits per heavy atom. The van der Waals surface area contributed by atoms with Crippen LogP contribution in [0.3, 0.4) is 0 Å². The summed E-state index contributed by atoms with van der Waals surface area (Å²) in [5, 5.41) is 0. The van der Waals surface area contributed by atoms with Gasteiger partial charge in [-0.1, -0.05) is 19.1 Å². The van der Waals surface area contributed by atoms with Crippen molar-refractivity contribution in [3.8, 4) is 0 Å². The van der Waals surface area contributed by atoms with Crippen LogP contribution in [0.25, 0.3) is 0 Å². The van der Waals surface area contributed by atoms with Crippen molar-refractivity contribution in [2.24, 2.45) is 17.1 Å². The van der Waals surface area contributed by atoms with Gasteiger partial charge in [-0.2, -0.15) is 0 Å². The second kappa shape index (κ2) is 6.48. The van der Waals surface area contributed by atoms with Gasteiger partial charge in [0.25, 0.3) is 0 Å². The van der Waals surface area contributed by atoms with Gasteiger partial charge >= 0.3 is 0 Å². The molecule has 1 aliphatic rings. The molecule has 18 heavy (non-hydrogen) atoms. The van der Waals surface area contributed by atoms with Crippen molar-refractivity contribution in [3.63, 3.8) is 0 Å². The van der Waals surface area contributed by atoms with E-state index in [-0.39, 0.29) is 10.9 Å². The third-order valence-electron chi connectivity index (χ3n) is 3.86. The monoisotopic (exact) mass is 272 g/mol. The van der Waals surface area contributed by atoms with Crippen LogP contribution in [0.1, 0.15) is 33.1 Å². The van der Waals surface area contributed by atoms with Crippen LogP contribution in [0.4, 0.5) is 0 Å². The van der Waals surface area contributed by atoms with Gasteiger partial charge in [-0.15, -0.1) is 0 Å². The summed E-state index contributed by atoms with van der Waals surface area (Å²) in [6.45, 7) is 6.07. The molecule has 0 spiro atoms. The lowest BCUT2D eigenvalue weighted by molar-refractivity contribution is -0.137. The minimum Gasteiger partial charge on any atom is -0.392 e. The number of nitrogens with zero attached hydrogens (tertiary/aromatic N) is 1. The van der Waals surface area contributed by atoms with Crippen molar-refractivity contribution in [1.29, 1.82) is 0 Å². The Morgan fingerprint density at radius 1 is 1.61 bits per heavy atom. The van der Waals surface area contributed by atoms with Crippen molar-refractivity contribution in [3.05, 3.63) is 0 Å². The summed E-state index contributed by atoms with van der Waals surface area (Å²) in [6.07, 6.45) is 2.83. The first kappa shape index (κ1) is 15.4. The molecule has 1 saturated heterocycles. The average Bonchev–Trinajstić information content (AvgIpc) is 2.37. The Kier molecular flexibility index (Phi) is 5.53. The van der Waals surface area contributed by atoms with Crippen molar-refractivity contribution >= 4 is 23.1 Å². The summed E-state index contributed by atoms with van der Waals surface area (Å²) >= 11 is 5.04. The Labute approximate surface area is 115 Å². The maximum atomic E-state index is 12.4. The molecule has 0 aliphatic carbocycles. The summed E-state index contributed by atoms with van der Waals surface area (Å²) in [5.74, 6) is 0.447. The van der Waals surface area contributed by atoms with Crippen molar-refractivity contribution < 1.29 is 9.53 Å². The fraction of sp³-hybridized carbons (Fsp3) is 0.846. The third-order valence-corrected chi connectivity index (χ3v) is 4.31. The highest BCUT2D eigenvalue weighted by Gasteiger charge is 2.37. The molecule has 5 heteroatoms. The standard InChI is InChI=1S/C13H24N2O2S/c1-4-13(2,11(14)18)12(16)15(3)8-10-6-5-7-17-9-10/h10H,4-9H2,1-3H3,(H2,14,18). The molecule has 1 amide bonds. The lowest BCUT2D eigenvalue weighted by Gasteiger charge is -2.33. The molecule has 1 heterocycles. The normalized spacial score (nSPS) is 23.2. The highest BCUT2D eigenvalue weighted by molar-refractivity contribution is 7.80. The summed E-state index contributed by atoms with van der Waals surface area (Å²) in [4.78, 5) is 14.5. The van der Waals surface area contributed by atoms with Gasteiger partial charge in [-0.05, 0) is 32.1 Å². The molecule has 104 valence electrons. The molecule has 1 aliphatic heterocycles. The first-order valence-electron chi connectivity index (χ1n) is 6.55. The molecular weight excluding hydrogens is 248 g/mol. The fourth-order valence-electron chi connectivity index (χ4n) is 2.27. The predicted molar refractivity (Wildman–Crippen MR) is 76.4 cm³/mol. The lowest BCUT2D eigenvalue weighted by atomic mass is 9.85. The van der Waals surface area contributed by atoms with E-state index in [0.717, 1.165) is 32.6 Å². The maximum Gasteiger partial charge on any atom is 0.235 e. The summed E-state index contributed by atoms with van der Waals surface area (Å²) < 4.78 is 5.43. The molecule has 0 aromatic rings. The predicted octanol–water partition coefficient (Wildman–Crippen LogP) is 1.57. The van der Waals surface area contributed by atoms with Crippen LogP contribution in [0.5, 0.6) is 0 Å². The lowest BCUT2D eigenvalue weighted by Crippen LogP contribution is -2.48. The van der Waals surface area contributed by atoms with Crippen LogP contribution in [0.2, 0.25) is 0 Å². The van der Waals surface area contributed by atoms with Gasteiger partial charge in [0, 0.05) is 20.2 Å². The SMILES string of the molecule is CCC(C)(C(=O)N(C)CC1CCCOC1)C(N)=S. The quantitative estimate of drug-likeness (QED) is 0.772. The van der Waals surface area contributed by atoms with E-state index in [1.54, 1.807) is 4.90 Å². The van der Waals surface area contributed by atoms with E-state index in [1.165, 1.54) is 0 Å². The van der Waals surface area contributed by atoms with Crippen LogP contribution < -0.4 is 5.73 Å². The Balaban J connectivity index is 2.61. The molecule has 0 aromatic carbocycles. The van der Waals surface area contributed by atoms with Gasteiger partial charge in [0.05, 0.1) is 17.0 Å². The molecule has 0 saturated carbocycles. The van der Waals surface area contributed by atoms with E-state index < -0.39 is 5.41 Å². The summed E-state index contributed by atoms with van der Waals surface area (Å²) in [5.41, 5.74) is 4.99. The zero-order valence-corrected chi connectivity index (χ0v) is 12.4. The topological polar surface area (TPSA) is 55.6 Å². The number of carbonyl (C=O) groups is 1. The van der Waals surface area contributed by atoms with Crippen molar-refractivity contribution in [2.75, 3.05) is 26.8 Å². The minimum absolute atomic E-state index is 0.0167. The molecule has 2 unspecified atom stereocenters. The molecule has 0 aromatic heterocycles. The molecule has 2 N–H and O–H groups in total. The van der Waals surface area contributed by atoms with E-state index in [1.807, 2.05) is 20.9 Å². The van der Waals surface area contributed by atoms with E-state index in [0.29, 0.717) is 12.3 Å². The molecule has 2 atom stereocenters. The summed E-state index contributed by atoms with van der Waals surface area (Å²) in [6, 6.07) is 0. The highest BCUT2D eigenvalue weighted by Crippen LogP contribution is 2.25. The number of hydrogen-bond acceptors (Lipinski definition) is 3. The second-order valence-electron chi connectivity index (χ2n) is 5.32. The van der Waals surface area contributed by atoms with Crippen LogP contribution in [-0.2, 0) is 9.53 Å².